The van der Waals surface area contributed by atoms with E-state index in [0.29, 0.717) is 0 Å². The molecule has 2 heteroatoms. The molecule has 72 heavy (non-hydrogen) atoms. The van der Waals surface area contributed by atoms with Gasteiger partial charge in [0.25, 0.3) is 0 Å². The van der Waals surface area contributed by atoms with E-state index in [2.05, 4.69) is 254 Å². The fraction of sp³-hybridized carbons (Fsp3) is 0.171. The largest absolute Gasteiger partial charge is 0.309 e. The summed E-state index contributed by atoms with van der Waals surface area (Å²) in [7, 11) is 0. The zero-order valence-electron chi connectivity index (χ0n) is 41.9. The fourth-order valence-corrected chi connectivity index (χ4v) is 10.8. The molecule has 2 aliphatic rings. The third-order valence-corrected chi connectivity index (χ3v) is 14.8. The summed E-state index contributed by atoms with van der Waals surface area (Å²) in [4.78, 5) is 4.99. The first-order valence-electron chi connectivity index (χ1n) is 26.3. The summed E-state index contributed by atoms with van der Waals surface area (Å²) in [5.74, 6) is 0. The predicted molar refractivity (Wildman–Crippen MR) is 313 cm³/mol. The number of aryl methyl sites for hydroxylation is 2. The highest BCUT2D eigenvalue weighted by Crippen LogP contribution is 2.51. The second kappa shape index (κ2) is 21.6. The van der Waals surface area contributed by atoms with Crippen LogP contribution in [-0.4, -0.2) is 0 Å². The number of hydrogen-bond donors (Lipinski definition) is 0. The Balaban J connectivity index is 1.06. The number of anilines is 6. The minimum Gasteiger partial charge on any atom is -0.309 e. The minimum absolute atomic E-state index is 1.11. The van der Waals surface area contributed by atoms with Crippen LogP contribution in [-0.2, 0) is 0 Å². The second-order valence-electron chi connectivity index (χ2n) is 20.0. The molecule has 2 saturated carbocycles. The maximum Gasteiger partial charge on any atom is 0.0619 e. The monoisotopic (exact) mass is 933 g/mol. The topological polar surface area (TPSA) is 6.48 Å². The molecule has 2 fully saturated rings. The Morgan fingerprint density at radius 1 is 0.278 bits per heavy atom. The van der Waals surface area contributed by atoms with E-state index >= 15 is 0 Å². The van der Waals surface area contributed by atoms with Gasteiger partial charge in [-0.25, -0.2) is 0 Å². The number of hydrogen-bond acceptors (Lipinski definition) is 2. The molecule has 0 atom stereocenters. The van der Waals surface area contributed by atoms with Crippen molar-refractivity contribution in [2.75, 3.05) is 9.80 Å². The Morgan fingerprint density at radius 3 is 0.806 bits per heavy atom. The number of nitrogens with zero attached hydrogens (tertiary/aromatic N) is 2. The molecule has 0 unspecified atom stereocenters. The molecule has 9 aromatic rings. The van der Waals surface area contributed by atoms with Gasteiger partial charge in [-0.05, 0) is 147 Å². The summed E-state index contributed by atoms with van der Waals surface area (Å²) in [6.45, 7) is 4.27. The van der Waals surface area contributed by atoms with Crippen LogP contribution < -0.4 is 9.80 Å². The van der Waals surface area contributed by atoms with Crippen LogP contribution in [0.25, 0.3) is 58.0 Å². The van der Waals surface area contributed by atoms with E-state index < -0.39 is 0 Å². The quantitative estimate of drug-likeness (QED) is 0.0684. The van der Waals surface area contributed by atoms with E-state index in [9.17, 15) is 0 Å². The first-order chi connectivity index (χ1) is 35.5. The van der Waals surface area contributed by atoms with Crippen LogP contribution in [0.5, 0.6) is 0 Å². The highest BCUT2D eigenvalue weighted by Gasteiger charge is 2.25. The molecule has 2 aliphatic carbocycles. The van der Waals surface area contributed by atoms with Gasteiger partial charge in [0.15, 0.2) is 0 Å². The molecule has 2 nitrogen and oxygen atoms in total. The van der Waals surface area contributed by atoms with Crippen molar-refractivity contribution < 1.29 is 0 Å². The van der Waals surface area contributed by atoms with E-state index in [4.69, 9.17) is 0 Å². The van der Waals surface area contributed by atoms with Crippen molar-refractivity contribution in [2.24, 2.45) is 0 Å². The SMILES string of the molecule is Cc1ccc(C=Cc2ccc(N(c3ccc(C=C4CCCCC4)cc3)c3c4ccccc4c(N(c4ccc(C=Cc5ccc(C)cc5)cc4)c4ccc(C=C5CCCCC5)cc4)c4ccccc34)cc2)cc1. The first-order valence-corrected chi connectivity index (χ1v) is 26.3. The third kappa shape index (κ3) is 10.6. The fourth-order valence-electron chi connectivity index (χ4n) is 10.8. The summed E-state index contributed by atoms with van der Waals surface area (Å²) in [6.07, 6.45) is 26.4. The van der Waals surface area contributed by atoms with Crippen molar-refractivity contribution in [1.29, 1.82) is 0 Å². The lowest BCUT2D eigenvalue weighted by molar-refractivity contribution is 0.602. The number of allylic oxidation sites excluding steroid dienone is 2. The van der Waals surface area contributed by atoms with Gasteiger partial charge in [0.05, 0.1) is 11.4 Å². The van der Waals surface area contributed by atoms with E-state index in [1.807, 2.05) is 0 Å². The normalized spacial score (nSPS) is 14.1. The molecule has 0 radical (unpaired) electrons. The molecule has 9 aromatic carbocycles. The lowest BCUT2D eigenvalue weighted by atomic mass is 9.93. The van der Waals surface area contributed by atoms with Gasteiger partial charge in [-0.3, -0.25) is 0 Å². The van der Waals surface area contributed by atoms with Crippen LogP contribution >= 0.6 is 0 Å². The van der Waals surface area contributed by atoms with E-state index in [1.165, 1.54) is 119 Å². The summed E-state index contributed by atoms with van der Waals surface area (Å²) < 4.78 is 0. The van der Waals surface area contributed by atoms with Crippen LogP contribution in [0, 0.1) is 13.8 Å². The van der Waals surface area contributed by atoms with Crippen molar-refractivity contribution in [2.45, 2.75) is 78.1 Å². The van der Waals surface area contributed by atoms with E-state index in [1.54, 1.807) is 11.1 Å². The van der Waals surface area contributed by atoms with Gasteiger partial charge in [-0.15, -0.1) is 0 Å². The maximum atomic E-state index is 2.49. The molecule has 354 valence electrons. The highest BCUT2D eigenvalue weighted by molar-refractivity contribution is 6.23. The number of benzene rings is 9. The average Bonchev–Trinajstić information content (AvgIpc) is 3.43. The van der Waals surface area contributed by atoms with Crippen LogP contribution in [0.15, 0.2) is 205 Å². The molecule has 0 aliphatic heterocycles. The number of fused-ring (bicyclic) bond motifs is 2. The Morgan fingerprint density at radius 2 is 0.528 bits per heavy atom. The average molecular weight is 933 g/mol. The standard InChI is InChI=1S/C70H64N2/c1-51-21-25-53(26-22-51)29-31-55-33-41-61(42-34-55)71(63-45-37-59(38-46-63)49-57-13-5-3-6-14-57)69-65-17-9-11-19-67(65)70(68-20-12-10-18-66(68)69)72(64-47-39-60(40-48-64)50-58-15-7-4-8-16-58)62-43-35-56(36-44-62)32-30-54-27-23-52(2)24-28-54/h9-12,17-50H,3-8,13-16H2,1-2H3. The lowest BCUT2D eigenvalue weighted by Gasteiger charge is -2.33. The predicted octanol–water partition coefficient (Wildman–Crippen LogP) is 20.6. The lowest BCUT2D eigenvalue weighted by Crippen LogP contribution is -2.14. The van der Waals surface area contributed by atoms with Gasteiger partial charge in [-0.1, -0.05) is 217 Å². The van der Waals surface area contributed by atoms with Gasteiger partial charge < -0.3 is 9.80 Å². The minimum atomic E-state index is 1.11. The number of rotatable bonds is 12. The Labute approximate surface area is 427 Å². The smallest absolute Gasteiger partial charge is 0.0619 e. The maximum absolute atomic E-state index is 2.49. The molecule has 0 spiro atoms. The molecule has 0 aromatic heterocycles. The van der Waals surface area contributed by atoms with Gasteiger partial charge >= 0.3 is 0 Å². The highest BCUT2D eigenvalue weighted by atomic mass is 15.2. The molecule has 0 N–H and O–H groups in total. The van der Waals surface area contributed by atoms with Crippen LogP contribution in [0.2, 0.25) is 0 Å². The Kier molecular flexibility index (Phi) is 13.9. The van der Waals surface area contributed by atoms with Crippen molar-refractivity contribution in [3.63, 3.8) is 0 Å². The molecule has 0 bridgehead atoms. The zero-order chi connectivity index (χ0) is 48.6. The summed E-state index contributed by atoms with van der Waals surface area (Å²) in [6, 6.07) is 72.2. The van der Waals surface area contributed by atoms with Gasteiger partial charge in [-0.2, -0.15) is 0 Å². The summed E-state index contributed by atoms with van der Waals surface area (Å²) in [5.41, 5.74) is 19.7. The molecule has 11 rings (SSSR count). The second-order valence-corrected chi connectivity index (χ2v) is 20.0. The first kappa shape index (κ1) is 46.4. The summed E-state index contributed by atoms with van der Waals surface area (Å²) in [5, 5.41) is 4.74. The molecular formula is C70H64N2. The molecule has 0 heterocycles. The van der Waals surface area contributed by atoms with E-state index in [-0.39, 0.29) is 0 Å². The van der Waals surface area contributed by atoms with Crippen molar-refractivity contribution in [3.8, 4) is 0 Å². The zero-order valence-corrected chi connectivity index (χ0v) is 41.9. The van der Waals surface area contributed by atoms with Crippen molar-refractivity contribution >= 4 is 92.1 Å². The van der Waals surface area contributed by atoms with Crippen molar-refractivity contribution in [1.82, 2.24) is 0 Å². The van der Waals surface area contributed by atoms with Gasteiger partial charge in [0, 0.05) is 44.3 Å². The van der Waals surface area contributed by atoms with Crippen LogP contribution in [0.1, 0.15) is 109 Å². The Bertz CT molecular complexity index is 3120. The molecular weight excluding hydrogens is 869 g/mol. The van der Waals surface area contributed by atoms with Gasteiger partial charge in [0.2, 0.25) is 0 Å². The van der Waals surface area contributed by atoms with Crippen molar-refractivity contribution in [3.05, 3.63) is 250 Å². The van der Waals surface area contributed by atoms with Gasteiger partial charge in [0.1, 0.15) is 0 Å². The molecule has 0 amide bonds. The summed E-state index contributed by atoms with van der Waals surface area (Å²) >= 11 is 0. The Hall–Kier alpha value is -7.94. The molecule has 0 saturated heterocycles. The third-order valence-electron chi connectivity index (χ3n) is 14.8. The van der Waals surface area contributed by atoms with E-state index in [0.717, 1.165) is 45.3 Å². The van der Waals surface area contributed by atoms with Crippen LogP contribution in [0.3, 0.4) is 0 Å². The van der Waals surface area contributed by atoms with Crippen LogP contribution in [0.4, 0.5) is 34.1 Å².